The van der Waals surface area contributed by atoms with Gasteiger partial charge in [-0.1, -0.05) is 19.1 Å². The summed E-state index contributed by atoms with van der Waals surface area (Å²) in [6, 6.07) is 10.0. The van der Waals surface area contributed by atoms with E-state index >= 15 is 0 Å². The molecule has 2 heterocycles. The maximum Gasteiger partial charge on any atom is 0.173 e. The predicted molar refractivity (Wildman–Crippen MR) is 79.6 cm³/mol. The van der Waals surface area contributed by atoms with Crippen molar-refractivity contribution in [3.63, 3.8) is 0 Å². The van der Waals surface area contributed by atoms with Gasteiger partial charge in [0.15, 0.2) is 5.78 Å². The summed E-state index contributed by atoms with van der Waals surface area (Å²) in [5, 5.41) is 0.945. The van der Waals surface area contributed by atoms with Gasteiger partial charge in [0.25, 0.3) is 0 Å². The maximum absolute atomic E-state index is 13.1. The van der Waals surface area contributed by atoms with E-state index in [1.54, 1.807) is 18.3 Å². The second-order valence-electron chi connectivity index (χ2n) is 4.45. The Hall–Kier alpha value is -2.07. The lowest BCUT2D eigenvalue weighted by atomic mass is 10.0. The molecule has 0 atom stereocenters. The van der Waals surface area contributed by atoms with E-state index in [4.69, 9.17) is 0 Å². The molecule has 4 heteroatoms. The number of hydrogen-bond acceptors (Lipinski definition) is 3. The number of Topliss-reactive ketones (excluding diaryl/α,β-unsaturated/α-hetero) is 1. The molecule has 1 aromatic carbocycles. The molecule has 0 aliphatic carbocycles. The minimum Gasteiger partial charge on any atom is -0.293 e. The van der Waals surface area contributed by atoms with Gasteiger partial charge >= 0.3 is 0 Å². The second-order valence-corrected chi connectivity index (χ2v) is 5.44. The molecular formula is C16H12FNOS. The highest BCUT2D eigenvalue weighted by Gasteiger charge is 2.19. The number of carbonyl (C=O) groups is 1. The monoisotopic (exact) mass is 285 g/mol. The number of aromatic nitrogens is 1. The lowest BCUT2D eigenvalue weighted by Gasteiger charge is -2.03. The fourth-order valence-corrected chi connectivity index (χ4v) is 3.37. The first-order chi connectivity index (χ1) is 9.70. The van der Waals surface area contributed by atoms with Crippen LogP contribution < -0.4 is 0 Å². The summed E-state index contributed by atoms with van der Waals surface area (Å²) in [6.07, 6.45) is 2.16. The van der Waals surface area contributed by atoms with Crippen LogP contribution in [-0.4, -0.2) is 10.8 Å². The standard InChI is InChI=1S/C16H12FNOS/c1-2-13(19)15-14(10-5-7-11(17)8-6-10)12-4-3-9-18-16(12)20-15/h3-9H,2H2,1H3. The van der Waals surface area contributed by atoms with Gasteiger partial charge in [-0.2, -0.15) is 0 Å². The van der Waals surface area contributed by atoms with Crippen LogP contribution in [0, 0.1) is 5.82 Å². The van der Waals surface area contributed by atoms with Crippen molar-refractivity contribution in [2.24, 2.45) is 0 Å². The third-order valence-corrected chi connectivity index (χ3v) is 4.33. The molecule has 0 bridgehead atoms. The van der Waals surface area contributed by atoms with Crippen LogP contribution in [-0.2, 0) is 0 Å². The van der Waals surface area contributed by atoms with Gasteiger partial charge in [0.1, 0.15) is 10.6 Å². The normalized spacial score (nSPS) is 10.9. The largest absolute Gasteiger partial charge is 0.293 e. The lowest BCUT2D eigenvalue weighted by molar-refractivity contribution is 0.0992. The Kier molecular flexibility index (Phi) is 3.32. The average Bonchev–Trinajstić information content (AvgIpc) is 2.87. The molecule has 2 nitrogen and oxygen atoms in total. The van der Waals surface area contributed by atoms with Crippen LogP contribution in [0.5, 0.6) is 0 Å². The summed E-state index contributed by atoms with van der Waals surface area (Å²) in [4.78, 5) is 18.0. The van der Waals surface area contributed by atoms with E-state index in [0.717, 1.165) is 21.3 Å². The molecule has 0 unspecified atom stereocenters. The van der Waals surface area contributed by atoms with Crippen molar-refractivity contribution in [2.45, 2.75) is 13.3 Å². The van der Waals surface area contributed by atoms with Gasteiger partial charge < -0.3 is 0 Å². The Balaban J connectivity index is 2.31. The Morgan fingerprint density at radius 2 is 2.00 bits per heavy atom. The fourth-order valence-electron chi connectivity index (χ4n) is 2.19. The van der Waals surface area contributed by atoms with Gasteiger partial charge in [-0.3, -0.25) is 4.79 Å². The van der Waals surface area contributed by atoms with E-state index in [0.29, 0.717) is 11.3 Å². The number of pyridine rings is 1. The lowest BCUT2D eigenvalue weighted by Crippen LogP contribution is -1.95. The van der Waals surface area contributed by atoms with E-state index in [1.165, 1.54) is 23.5 Å². The van der Waals surface area contributed by atoms with E-state index in [2.05, 4.69) is 4.98 Å². The molecule has 0 amide bonds. The number of ketones is 1. The van der Waals surface area contributed by atoms with Crippen molar-refractivity contribution >= 4 is 27.3 Å². The molecule has 3 aromatic rings. The number of nitrogens with zero attached hydrogens (tertiary/aromatic N) is 1. The minimum atomic E-state index is -0.283. The summed E-state index contributed by atoms with van der Waals surface area (Å²) in [5.74, 6) is -0.192. The zero-order valence-electron chi connectivity index (χ0n) is 10.9. The van der Waals surface area contributed by atoms with Crippen molar-refractivity contribution in [1.29, 1.82) is 0 Å². The Morgan fingerprint density at radius 1 is 1.25 bits per heavy atom. The van der Waals surface area contributed by atoms with Crippen LogP contribution in [0.4, 0.5) is 4.39 Å². The van der Waals surface area contributed by atoms with Crippen LogP contribution in [0.25, 0.3) is 21.3 Å². The Labute approximate surface area is 119 Å². The summed E-state index contributed by atoms with van der Waals surface area (Å²) >= 11 is 1.40. The Bertz CT molecular complexity index is 777. The van der Waals surface area contributed by atoms with Gasteiger partial charge in [0.05, 0.1) is 4.88 Å². The van der Waals surface area contributed by atoms with Gasteiger partial charge in [-0.05, 0) is 29.8 Å². The SMILES string of the molecule is CCC(=O)c1sc2ncccc2c1-c1ccc(F)cc1. The first-order valence-electron chi connectivity index (χ1n) is 6.37. The molecule has 0 saturated carbocycles. The van der Waals surface area contributed by atoms with Gasteiger partial charge in [-0.25, -0.2) is 9.37 Å². The summed E-state index contributed by atoms with van der Waals surface area (Å²) < 4.78 is 13.1. The summed E-state index contributed by atoms with van der Waals surface area (Å²) in [7, 11) is 0. The zero-order valence-corrected chi connectivity index (χ0v) is 11.7. The van der Waals surface area contributed by atoms with E-state index in [1.807, 2.05) is 19.1 Å². The van der Waals surface area contributed by atoms with Crippen LogP contribution >= 0.6 is 11.3 Å². The number of hydrogen-bond donors (Lipinski definition) is 0. The maximum atomic E-state index is 13.1. The number of benzene rings is 1. The smallest absolute Gasteiger partial charge is 0.173 e. The van der Waals surface area contributed by atoms with E-state index in [-0.39, 0.29) is 11.6 Å². The first-order valence-corrected chi connectivity index (χ1v) is 7.19. The molecule has 100 valence electrons. The third kappa shape index (κ3) is 2.12. The van der Waals surface area contributed by atoms with Gasteiger partial charge in [0.2, 0.25) is 0 Å². The molecular weight excluding hydrogens is 273 g/mol. The van der Waals surface area contributed by atoms with E-state index < -0.39 is 0 Å². The van der Waals surface area contributed by atoms with Crippen molar-refractivity contribution in [3.8, 4) is 11.1 Å². The van der Waals surface area contributed by atoms with Crippen molar-refractivity contribution in [3.05, 3.63) is 53.3 Å². The molecule has 0 aliphatic rings. The molecule has 0 fully saturated rings. The van der Waals surface area contributed by atoms with Crippen LogP contribution in [0.1, 0.15) is 23.0 Å². The molecule has 20 heavy (non-hydrogen) atoms. The van der Waals surface area contributed by atoms with Crippen LogP contribution in [0.15, 0.2) is 42.6 Å². The van der Waals surface area contributed by atoms with Gasteiger partial charge in [0, 0.05) is 23.6 Å². The van der Waals surface area contributed by atoms with Crippen molar-refractivity contribution < 1.29 is 9.18 Å². The third-order valence-electron chi connectivity index (χ3n) is 3.17. The molecule has 0 spiro atoms. The number of fused-ring (bicyclic) bond motifs is 1. The summed E-state index contributed by atoms with van der Waals surface area (Å²) in [5.41, 5.74) is 1.72. The molecule has 0 N–H and O–H groups in total. The Morgan fingerprint density at radius 3 is 2.70 bits per heavy atom. The number of thiophene rings is 1. The van der Waals surface area contributed by atoms with Crippen molar-refractivity contribution in [1.82, 2.24) is 4.98 Å². The average molecular weight is 285 g/mol. The number of halogens is 1. The highest BCUT2D eigenvalue weighted by Crippen LogP contribution is 2.38. The fraction of sp³-hybridized carbons (Fsp3) is 0.125. The highest BCUT2D eigenvalue weighted by molar-refractivity contribution is 7.21. The molecule has 2 aromatic heterocycles. The van der Waals surface area contributed by atoms with Gasteiger partial charge in [-0.15, -0.1) is 11.3 Å². The molecule has 0 radical (unpaired) electrons. The van der Waals surface area contributed by atoms with Crippen molar-refractivity contribution in [2.75, 3.05) is 0 Å². The predicted octanol–water partition coefficient (Wildman–Crippen LogP) is 4.70. The second kappa shape index (κ2) is 5.13. The quantitative estimate of drug-likeness (QED) is 0.653. The number of carbonyl (C=O) groups excluding carboxylic acids is 1. The summed E-state index contributed by atoms with van der Waals surface area (Å²) in [6.45, 7) is 1.84. The molecule has 0 aliphatic heterocycles. The zero-order chi connectivity index (χ0) is 14.1. The first kappa shape index (κ1) is 12.9. The topological polar surface area (TPSA) is 30.0 Å². The number of rotatable bonds is 3. The molecule has 3 rings (SSSR count). The van der Waals surface area contributed by atoms with Crippen LogP contribution in [0.2, 0.25) is 0 Å². The van der Waals surface area contributed by atoms with Crippen LogP contribution in [0.3, 0.4) is 0 Å². The highest BCUT2D eigenvalue weighted by atomic mass is 32.1. The van der Waals surface area contributed by atoms with E-state index in [9.17, 15) is 9.18 Å². The molecule has 0 saturated heterocycles. The minimum absolute atomic E-state index is 0.0901.